The number of piperidine rings is 2. The second-order valence-corrected chi connectivity index (χ2v) is 11.6. The average molecular weight is 479 g/mol. The lowest BCUT2D eigenvalue weighted by atomic mass is 10.0. The number of likely N-dealkylation sites (tertiary alicyclic amines) is 1. The summed E-state index contributed by atoms with van der Waals surface area (Å²) in [5, 5.41) is 0.772. The minimum Gasteiger partial charge on any atom is -0.339 e. The Morgan fingerprint density at radius 1 is 1.09 bits per heavy atom. The second-order valence-electron chi connectivity index (χ2n) is 8.69. The van der Waals surface area contributed by atoms with Gasteiger partial charge in [-0.1, -0.05) is 25.1 Å². The van der Waals surface area contributed by atoms with Crippen LogP contribution in [0, 0.1) is 0 Å². The fourth-order valence-corrected chi connectivity index (χ4v) is 7.38. The number of rotatable bonds is 7. The van der Waals surface area contributed by atoms with Crippen LogP contribution in [0.2, 0.25) is 0 Å². The van der Waals surface area contributed by atoms with Gasteiger partial charge in [0.15, 0.2) is 5.16 Å². The van der Waals surface area contributed by atoms with E-state index in [0.29, 0.717) is 41.8 Å². The minimum atomic E-state index is -3.50. The molecule has 2 saturated heterocycles. The number of carbonyl (C=O) groups excluding carboxylic acids is 1. The number of aromatic nitrogens is 2. The van der Waals surface area contributed by atoms with E-state index in [9.17, 15) is 13.2 Å². The predicted octanol–water partition coefficient (Wildman–Crippen LogP) is 4.11. The number of nitrogens with zero attached hydrogens (tertiary/aromatic N) is 4. The number of imidazole rings is 1. The van der Waals surface area contributed by atoms with Gasteiger partial charge in [-0.3, -0.25) is 4.79 Å². The van der Waals surface area contributed by atoms with Gasteiger partial charge in [-0.25, -0.2) is 13.4 Å². The molecule has 4 rings (SSSR count). The topological polar surface area (TPSA) is 75.5 Å². The number of thioether (sulfide) groups is 1. The van der Waals surface area contributed by atoms with Crippen molar-refractivity contribution in [3.05, 3.63) is 18.2 Å². The van der Waals surface area contributed by atoms with Crippen LogP contribution < -0.4 is 0 Å². The summed E-state index contributed by atoms with van der Waals surface area (Å²) in [6.45, 7) is 6.93. The maximum atomic E-state index is 13.1. The summed E-state index contributed by atoms with van der Waals surface area (Å²) in [6, 6.07) is 5.59. The Labute approximate surface area is 195 Å². The van der Waals surface area contributed by atoms with Crippen LogP contribution >= 0.6 is 11.8 Å². The maximum absolute atomic E-state index is 13.1. The van der Waals surface area contributed by atoms with Crippen LogP contribution in [0.25, 0.3) is 11.0 Å². The summed E-state index contributed by atoms with van der Waals surface area (Å²) in [7, 11) is -3.50. The van der Waals surface area contributed by atoms with Crippen molar-refractivity contribution in [2.45, 2.75) is 81.4 Å². The van der Waals surface area contributed by atoms with Gasteiger partial charge in [-0.05, 0) is 63.6 Å². The van der Waals surface area contributed by atoms with Crippen LogP contribution in [-0.4, -0.2) is 64.5 Å². The molecule has 1 atom stereocenters. The lowest BCUT2D eigenvalue weighted by Gasteiger charge is -2.35. The minimum absolute atomic E-state index is 0.171. The lowest BCUT2D eigenvalue weighted by Crippen LogP contribution is -2.44. The summed E-state index contributed by atoms with van der Waals surface area (Å²) in [4.78, 5) is 20.0. The molecule has 0 aliphatic carbocycles. The molecular formula is C23H34N4O3S2. The molecule has 2 aliphatic rings. The fourth-order valence-electron chi connectivity index (χ4n) is 4.88. The first-order valence-corrected chi connectivity index (χ1v) is 14.3. The Morgan fingerprint density at radius 2 is 1.84 bits per heavy atom. The molecule has 0 bridgehead atoms. The number of hydrogen-bond donors (Lipinski definition) is 0. The zero-order valence-corrected chi connectivity index (χ0v) is 20.8. The number of aryl methyl sites for hydroxylation is 1. The first-order chi connectivity index (χ1) is 15.5. The van der Waals surface area contributed by atoms with E-state index < -0.39 is 10.0 Å². The van der Waals surface area contributed by atoms with Gasteiger partial charge < -0.3 is 9.47 Å². The smallest absolute Gasteiger partial charge is 0.243 e. The first-order valence-electron chi connectivity index (χ1n) is 11.9. The highest BCUT2D eigenvalue weighted by Crippen LogP contribution is 2.29. The first kappa shape index (κ1) is 23.6. The van der Waals surface area contributed by atoms with Gasteiger partial charge in [-0.15, -0.1) is 0 Å². The Morgan fingerprint density at radius 3 is 2.56 bits per heavy atom. The van der Waals surface area contributed by atoms with E-state index in [1.807, 2.05) is 17.9 Å². The SMILES string of the molecule is CCC1CCCCN1C(=O)CSc1nc2cc(S(=O)(=O)N3CCCCC3)ccc2n1CC. The third-order valence-electron chi connectivity index (χ3n) is 6.70. The van der Waals surface area contributed by atoms with Crippen LogP contribution in [0.15, 0.2) is 28.3 Å². The zero-order valence-electron chi connectivity index (χ0n) is 19.1. The summed E-state index contributed by atoms with van der Waals surface area (Å²) in [5.41, 5.74) is 1.58. The van der Waals surface area contributed by atoms with Crippen molar-refractivity contribution in [2.24, 2.45) is 0 Å². The van der Waals surface area contributed by atoms with Gasteiger partial charge in [0, 0.05) is 32.2 Å². The van der Waals surface area contributed by atoms with E-state index >= 15 is 0 Å². The predicted molar refractivity (Wildman–Crippen MR) is 128 cm³/mol. The molecule has 9 heteroatoms. The zero-order chi connectivity index (χ0) is 22.7. The van der Waals surface area contributed by atoms with E-state index in [2.05, 4.69) is 11.5 Å². The number of benzene rings is 1. The Bertz CT molecular complexity index is 1060. The van der Waals surface area contributed by atoms with Crippen molar-refractivity contribution >= 4 is 38.7 Å². The molecule has 1 aromatic carbocycles. The summed E-state index contributed by atoms with van der Waals surface area (Å²) < 4.78 is 29.8. The molecule has 0 spiro atoms. The molecule has 1 amide bonds. The summed E-state index contributed by atoms with van der Waals surface area (Å²) in [5.74, 6) is 0.531. The summed E-state index contributed by atoms with van der Waals surface area (Å²) >= 11 is 1.45. The van der Waals surface area contributed by atoms with Crippen molar-refractivity contribution in [2.75, 3.05) is 25.4 Å². The highest BCUT2D eigenvalue weighted by Gasteiger charge is 2.28. The molecule has 0 radical (unpaired) electrons. The second kappa shape index (κ2) is 10.1. The van der Waals surface area contributed by atoms with Gasteiger partial charge in [0.25, 0.3) is 0 Å². The van der Waals surface area contributed by atoms with Crippen molar-refractivity contribution in [3.8, 4) is 0 Å². The van der Waals surface area contributed by atoms with Crippen LogP contribution in [0.4, 0.5) is 0 Å². The molecule has 2 aromatic rings. The number of amides is 1. The van der Waals surface area contributed by atoms with Gasteiger partial charge in [0.05, 0.1) is 21.7 Å². The Hall–Kier alpha value is -1.58. The number of hydrogen-bond acceptors (Lipinski definition) is 5. The largest absolute Gasteiger partial charge is 0.339 e. The van der Waals surface area contributed by atoms with Crippen LogP contribution in [-0.2, 0) is 21.4 Å². The molecule has 2 aliphatic heterocycles. The molecule has 176 valence electrons. The molecule has 3 heterocycles. The van der Waals surface area contributed by atoms with Crippen molar-refractivity contribution < 1.29 is 13.2 Å². The van der Waals surface area contributed by atoms with E-state index in [0.717, 1.165) is 55.7 Å². The number of carbonyl (C=O) groups is 1. The van der Waals surface area contributed by atoms with Crippen LogP contribution in [0.5, 0.6) is 0 Å². The molecule has 2 fully saturated rings. The van der Waals surface area contributed by atoms with Crippen molar-refractivity contribution in [1.82, 2.24) is 18.8 Å². The van der Waals surface area contributed by atoms with Crippen molar-refractivity contribution in [1.29, 1.82) is 0 Å². The van der Waals surface area contributed by atoms with Crippen LogP contribution in [0.1, 0.15) is 58.8 Å². The van der Waals surface area contributed by atoms with Crippen molar-refractivity contribution in [3.63, 3.8) is 0 Å². The molecule has 32 heavy (non-hydrogen) atoms. The molecule has 1 aromatic heterocycles. The molecular weight excluding hydrogens is 444 g/mol. The van der Waals surface area contributed by atoms with E-state index in [-0.39, 0.29) is 5.91 Å². The van der Waals surface area contributed by atoms with Crippen LogP contribution in [0.3, 0.4) is 0 Å². The highest BCUT2D eigenvalue weighted by molar-refractivity contribution is 7.99. The summed E-state index contributed by atoms with van der Waals surface area (Å²) in [6.07, 6.45) is 7.28. The quantitative estimate of drug-likeness (QED) is 0.560. The third-order valence-corrected chi connectivity index (χ3v) is 9.55. The normalized spacial score (nSPS) is 20.7. The number of sulfonamides is 1. The number of fused-ring (bicyclic) bond motifs is 1. The monoisotopic (exact) mass is 478 g/mol. The van der Waals surface area contributed by atoms with Gasteiger partial charge in [0.2, 0.25) is 15.9 Å². The van der Waals surface area contributed by atoms with Gasteiger partial charge in [-0.2, -0.15) is 4.31 Å². The average Bonchev–Trinajstić information content (AvgIpc) is 3.19. The lowest BCUT2D eigenvalue weighted by molar-refractivity contribution is -0.132. The Kier molecular flexibility index (Phi) is 7.47. The standard InChI is InChI=1S/C23H34N4O3S2/c1-3-18-10-6-9-15-27(18)22(28)17-31-23-24-20-16-19(11-12-21(20)26(23)4-2)32(29,30)25-13-7-5-8-14-25/h11-12,16,18H,3-10,13-15,17H2,1-2H3. The highest BCUT2D eigenvalue weighted by atomic mass is 32.2. The van der Waals surface area contributed by atoms with E-state index in [4.69, 9.17) is 4.98 Å². The van der Waals surface area contributed by atoms with E-state index in [1.54, 1.807) is 16.4 Å². The van der Waals surface area contributed by atoms with E-state index in [1.165, 1.54) is 18.2 Å². The molecule has 0 N–H and O–H groups in total. The Balaban J connectivity index is 1.54. The van der Waals surface area contributed by atoms with Gasteiger partial charge in [0.1, 0.15) is 0 Å². The molecule has 1 unspecified atom stereocenters. The fraction of sp³-hybridized carbons (Fsp3) is 0.652. The third kappa shape index (κ3) is 4.70. The molecule has 0 saturated carbocycles. The maximum Gasteiger partial charge on any atom is 0.243 e. The van der Waals surface area contributed by atoms with Gasteiger partial charge >= 0.3 is 0 Å². The molecule has 7 nitrogen and oxygen atoms in total.